The van der Waals surface area contributed by atoms with Gasteiger partial charge in [-0.15, -0.1) is 0 Å². The van der Waals surface area contributed by atoms with Crippen LogP contribution in [0, 0.1) is 0 Å². The minimum absolute atomic E-state index is 0.438. The number of hydrogen-bond acceptors (Lipinski definition) is 6. The number of nitrogens with zero attached hydrogens (tertiary/aromatic N) is 5. The van der Waals surface area contributed by atoms with Gasteiger partial charge in [-0.25, -0.2) is 19.9 Å². The minimum Gasteiger partial charge on any atom is -0.433 e. The van der Waals surface area contributed by atoms with E-state index in [4.69, 9.17) is 4.42 Å². The molecule has 0 spiro atoms. The van der Waals surface area contributed by atoms with Gasteiger partial charge in [0, 0.05) is 11.6 Å². The summed E-state index contributed by atoms with van der Waals surface area (Å²) in [7, 11) is 0. The van der Waals surface area contributed by atoms with Crippen molar-refractivity contribution in [1.29, 1.82) is 0 Å². The van der Waals surface area contributed by atoms with E-state index in [1.54, 1.807) is 18.6 Å². The van der Waals surface area contributed by atoms with Crippen molar-refractivity contribution in [2.75, 3.05) is 0 Å². The molecule has 4 heterocycles. The van der Waals surface area contributed by atoms with Crippen molar-refractivity contribution < 1.29 is 4.42 Å². The summed E-state index contributed by atoms with van der Waals surface area (Å²) in [6.07, 6.45) is 6.56. The van der Waals surface area contributed by atoms with Gasteiger partial charge in [0.25, 0.3) is 0 Å². The van der Waals surface area contributed by atoms with Gasteiger partial charge in [-0.2, -0.15) is 0 Å². The number of fused-ring (bicyclic) bond motifs is 4. The largest absolute Gasteiger partial charge is 0.433 e. The molecule has 0 radical (unpaired) electrons. The molecule has 0 N–H and O–H groups in total. The highest BCUT2D eigenvalue weighted by Crippen LogP contribution is 2.28. The van der Waals surface area contributed by atoms with Gasteiger partial charge >= 0.3 is 0 Å². The van der Waals surface area contributed by atoms with Gasteiger partial charge < -0.3 is 4.42 Å². The third-order valence-corrected chi connectivity index (χ3v) is 3.77. The summed E-state index contributed by atoms with van der Waals surface area (Å²) in [6.45, 7) is 0. The Hall–Kier alpha value is -3.41. The van der Waals surface area contributed by atoms with Gasteiger partial charge in [0.1, 0.15) is 17.5 Å². The Bertz CT molecular complexity index is 1180. The third-order valence-electron chi connectivity index (χ3n) is 3.77. The number of furan rings is 1. The second-order valence-electron chi connectivity index (χ2n) is 5.13. The molecule has 0 atom stereocenters. The van der Waals surface area contributed by atoms with E-state index in [2.05, 4.69) is 24.9 Å². The van der Waals surface area contributed by atoms with Crippen LogP contribution in [0.4, 0.5) is 0 Å². The average molecular weight is 299 g/mol. The normalized spacial score (nSPS) is 11.5. The molecule has 0 fully saturated rings. The summed E-state index contributed by atoms with van der Waals surface area (Å²) in [4.78, 5) is 21.7. The summed E-state index contributed by atoms with van der Waals surface area (Å²) < 4.78 is 5.70. The summed E-state index contributed by atoms with van der Waals surface area (Å²) >= 11 is 0. The van der Waals surface area contributed by atoms with E-state index >= 15 is 0 Å². The molecule has 0 aliphatic rings. The Balaban J connectivity index is 1.81. The number of aromatic nitrogens is 5. The van der Waals surface area contributed by atoms with Crippen LogP contribution in [0.5, 0.6) is 0 Å². The van der Waals surface area contributed by atoms with Crippen molar-refractivity contribution >= 4 is 33.1 Å². The fourth-order valence-electron chi connectivity index (χ4n) is 2.72. The Labute approximate surface area is 129 Å². The standard InChI is InChI=1S/C17H9N5O/c1-2-4-11-10(3-1)5-6-19-14(11)12-7-20-16-15-13(8-18-9-21-15)23-17(16)22-12/h1-9H. The zero-order valence-corrected chi connectivity index (χ0v) is 11.8. The lowest BCUT2D eigenvalue weighted by atomic mass is 10.1. The Morgan fingerprint density at radius 2 is 1.83 bits per heavy atom. The molecule has 1 aromatic carbocycles. The second-order valence-corrected chi connectivity index (χ2v) is 5.13. The molecule has 108 valence electrons. The van der Waals surface area contributed by atoms with Crippen molar-refractivity contribution in [3.8, 4) is 11.4 Å². The highest BCUT2D eigenvalue weighted by molar-refractivity contribution is 5.99. The zero-order chi connectivity index (χ0) is 15.2. The maximum absolute atomic E-state index is 5.70. The average Bonchev–Trinajstić information content (AvgIpc) is 2.99. The van der Waals surface area contributed by atoms with Gasteiger partial charge in [-0.3, -0.25) is 4.98 Å². The van der Waals surface area contributed by atoms with Crippen LogP contribution in [0.3, 0.4) is 0 Å². The number of pyridine rings is 1. The molecule has 0 amide bonds. The first-order valence-electron chi connectivity index (χ1n) is 7.09. The predicted octanol–water partition coefficient (Wildman–Crippen LogP) is 3.38. The van der Waals surface area contributed by atoms with E-state index in [0.717, 1.165) is 16.5 Å². The van der Waals surface area contributed by atoms with Gasteiger partial charge in [0.15, 0.2) is 11.1 Å². The molecular formula is C17H9N5O. The maximum Gasteiger partial charge on any atom is 0.248 e. The van der Waals surface area contributed by atoms with Gasteiger partial charge in [0.2, 0.25) is 5.71 Å². The molecule has 0 aliphatic carbocycles. The fourth-order valence-corrected chi connectivity index (χ4v) is 2.72. The van der Waals surface area contributed by atoms with Crippen LogP contribution in [-0.2, 0) is 0 Å². The van der Waals surface area contributed by atoms with Crippen LogP contribution in [0.25, 0.3) is 44.5 Å². The molecule has 6 nitrogen and oxygen atoms in total. The third kappa shape index (κ3) is 1.78. The molecule has 5 rings (SSSR count). The molecule has 0 aliphatic heterocycles. The molecule has 0 saturated carbocycles. The van der Waals surface area contributed by atoms with E-state index < -0.39 is 0 Å². The van der Waals surface area contributed by atoms with Crippen molar-refractivity contribution in [2.24, 2.45) is 0 Å². The lowest BCUT2D eigenvalue weighted by Crippen LogP contribution is -1.91. The smallest absolute Gasteiger partial charge is 0.248 e. The molecule has 23 heavy (non-hydrogen) atoms. The summed E-state index contributed by atoms with van der Waals surface area (Å²) in [5.41, 5.74) is 3.76. The minimum atomic E-state index is 0.438. The van der Waals surface area contributed by atoms with Crippen molar-refractivity contribution in [3.63, 3.8) is 0 Å². The Kier molecular flexibility index (Phi) is 2.40. The van der Waals surface area contributed by atoms with E-state index in [-0.39, 0.29) is 0 Å². The first-order valence-corrected chi connectivity index (χ1v) is 7.09. The van der Waals surface area contributed by atoms with Crippen molar-refractivity contribution in [2.45, 2.75) is 0 Å². The quantitative estimate of drug-likeness (QED) is 0.472. The summed E-state index contributed by atoms with van der Waals surface area (Å²) in [5.74, 6) is 0. The first kappa shape index (κ1) is 12.2. The van der Waals surface area contributed by atoms with E-state index in [9.17, 15) is 0 Å². The van der Waals surface area contributed by atoms with Crippen molar-refractivity contribution in [3.05, 3.63) is 55.2 Å². The molecule has 0 saturated heterocycles. The van der Waals surface area contributed by atoms with Gasteiger partial charge in [-0.1, -0.05) is 24.3 Å². The van der Waals surface area contributed by atoms with E-state index in [1.807, 2.05) is 30.3 Å². The highest BCUT2D eigenvalue weighted by atomic mass is 16.3. The van der Waals surface area contributed by atoms with Gasteiger partial charge in [-0.05, 0) is 11.5 Å². The van der Waals surface area contributed by atoms with Crippen molar-refractivity contribution in [1.82, 2.24) is 24.9 Å². The molecule has 6 heteroatoms. The highest BCUT2D eigenvalue weighted by Gasteiger charge is 2.14. The van der Waals surface area contributed by atoms with Crippen LogP contribution >= 0.6 is 0 Å². The van der Waals surface area contributed by atoms with Gasteiger partial charge in [0.05, 0.1) is 18.1 Å². The number of benzene rings is 1. The first-order chi connectivity index (χ1) is 11.4. The van der Waals surface area contributed by atoms with Crippen LogP contribution in [0.2, 0.25) is 0 Å². The zero-order valence-electron chi connectivity index (χ0n) is 11.8. The lowest BCUT2D eigenvalue weighted by Gasteiger charge is -2.04. The molecule has 0 unspecified atom stereocenters. The molecule has 0 bridgehead atoms. The summed E-state index contributed by atoms with van der Waals surface area (Å²) in [5, 5.41) is 2.13. The van der Waals surface area contributed by atoms with Crippen LogP contribution in [-0.4, -0.2) is 24.9 Å². The predicted molar refractivity (Wildman–Crippen MR) is 85.6 cm³/mol. The van der Waals surface area contributed by atoms with E-state index in [1.165, 1.54) is 6.33 Å². The monoisotopic (exact) mass is 299 g/mol. The molecule has 4 aromatic heterocycles. The molecular weight excluding hydrogens is 290 g/mol. The summed E-state index contributed by atoms with van der Waals surface area (Å²) in [6, 6.07) is 10.0. The van der Waals surface area contributed by atoms with Crippen LogP contribution in [0.1, 0.15) is 0 Å². The van der Waals surface area contributed by atoms with Crippen LogP contribution in [0.15, 0.2) is 59.7 Å². The maximum atomic E-state index is 5.70. The second kappa shape index (κ2) is 4.54. The van der Waals surface area contributed by atoms with E-state index in [0.29, 0.717) is 28.0 Å². The Morgan fingerprint density at radius 1 is 0.870 bits per heavy atom. The lowest BCUT2D eigenvalue weighted by molar-refractivity contribution is 0.650. The SMILES string of the molecule is c1ccc2c(-c3cnc4c(n3)oc3cncnc34)nccc2c1. The van der Waals surface area contributed by atoms with Crippen LogP contribution < -0.4 is 0 Å². The number of rotatable bonds is 1. The Morgan fingerprint density at radius 3 is 2.83 bits per heavy atom. The molecule has 5 aromatic rings. The number of hydrogen-bond donors (Lipinski definition) is 0. The fraction of sp³-hybridized carbons (Fsp3) is 0. The topological polar surface area (TPSA) is 77.6 Å².